The predicted molar refractivity (Wildman–Crippen MR) is 114 cm³/mol. The van der Waals surface area contributed by atoms with Gasteiger partial charge in [0.25, 0.3) is 5.91 Å². The second kappa shape index (κ2) is 9.61. The van der Waals surface area contributed by atoms with E-state index in [1.54, 1.807) is 4.90 Å². The van der Waals surface area contributed by atoms with Crippen LogP contribution in [-0.2, 0) is 19.1 Å². The lowest BCUT2D eigenvalue weighted by atomic mass is 10.0. The average molecular weight is 470 g/mol. The fraction of sp³-hybridized carbons (Fsp3) is 0.857. The third kappa shape index (κ3) is 5.34. The minimum Gasteiger partial charge on any atom is -0.444 e. The molecule has 186 valence electrons. The van der Waals surface area contributed by atoms with Crippen LogP contribution >= 0.6 is 0 Å². The molecule has 0 saturated carbocycles. The molecule has 4 amide bonds. The largest absolute Gasteiger partial charge is 0.444 e. The second-order valence-electron chi connectivity index (χ2n) is 10.1. The second-order valence-corrected chi connectivity index (χ2v) is 10.1. The van der Waals surface area contributed by atoms with Crippen LogP contribution < -0.4 is 5.48 Å². The maximum absolute atomic E-state index is 12.8. The zero-order valence-electron chi connectivity index (χ0n) is 19.6. The maximum Gasteiger partial charge on any atom is 0.410 e. The molecule has 4 saturated heterocycles. The van der Waals surface area contributed by atoms with E-state index in [1.807, 2.05) is 20.8 Å². The van der Waals surface area contributed by atoms with Gasteiger partial charge in [-0.15, -0.1) is 0 Å². The van der Waals surface area contributed by atoms with Gasteiger partial charge in [0.2, 0.25) is 0 Å². The summed E-state index contributed by atoms with van der Waals surface area (Å²) in [5.74, 6) is -0.427. The van der Waals surface area contributed by atoms with E-state index in [4.69, 9.17) is 14.3 Å². The number of nitrogens with zero attached hydrogens (tertiary/aromatic N) is 4. The molecule has 12 heteroatoms. The third-order valence-electron chi connectivity index (χ3n) is 6.68. The van der Waals surface area contributed by atoms with E-state index in [9.17, 15) is 19.6 Å². The number of rotatable bonds is 5. The Bertz CT molecular complexity index is 754. The van der Waals surface area contributed by atoms with Crippen molar-refractivity contribution in [3.8, 4) is 0 Å². The van der Waals surface area contributed by atoms with Crippen LogP contribution in [0.1, 0.15) is 40.0 Å². The summed E-state index contributed by atoms with van der Waals surface area (Å²) in [5, 5.41) is 10.5. The summed E-state index contributed by atoms with van der Waals surface area (Å²) >= 11 is 0. The molecule has 0 aliphatic carbocycles. The molecule has 0 spiro atoms. The van der Waals surface area contributed by atoms with Crippen molar-refractivity contribution in [2.24, 2.45) is 0 Å². The molecule has 2 N–H and O–H groups in total. The highest BCUT2D eigenvalue weighted by Gasteiger charge is 2.47. The molecule has 2 bridgehead atoms. The summed E-state index contributed by atoms with van der Waals surface area (Å²) in [4.78, 5) is 48.5. The van der Waals surface area contributed by atoms with Gasteiger partial charge in [0.1, 0.15) is 11.6 Å². The van der Waals surface area contributed by atoms with Gasteiger partial charge >= 0.3 is 12.1 Å². The Balaban J connectivity index is 1.33. The van der Waals surface area contributed by atoms with Crippen LogP contribution in [0.4, 0.5) is 9.59 Å². The van der Waals surface area contributed by atoms with Crippen molar-refractivity contribution in [2.75, 3.05) is 46.0 Å². The smallest absolute Gasteiger partial charge is 0.410 e. The number of hydrogen-bond acceptors (Lipinski definition) is 8. The van der Waals surface area contributed by atoms with Gasteiger partial charge in [0.05, 0.1) is 31.9 Å². The minimum absolute atomic E-state index is 0.112. The van der Waals surface area contributed by atoms with Gasteiger partial charge in [-0.2, -0.15) is 0 Å². The molecular weight excluding hydrogens is 434 g/mol. The molecule has 4 rings (SSSR count). The first kappa shape index (κ1) is 24.0. The molecule has 4 fully saturated rings. The van der Waals surface area contributed by atoms with E-state index in [-0.39, 0.29) is 24.7 Å². The number of piperidine rings is 1. The Morgan fingerprint density at radius 1 is 1.15 bits per heavy atom. The Kier molecular flexibility index (Phi) is 6.99. The van der Waals surface area contributed by atoms with Gasteiger partial charge in [-0.1, -0.05) is 0 Å². The van der Waals surface area contributed by atoms with Crippen LogP contribution in [0, 0.1) is 0 Å². The Labute approximate surface area is 193 Å². The summed E-state index contributed by atoms with van der Waals surface area (Å²) in [6, 6.07) is -1.60. The van der Waals surface area contributed by atoms with Gasteiger partial charge in [-0.3, -0.25) is 19.7 Å². The predicted octanol–water partition coefficient (Wildman–Crippen LogP) is 0.402. The molecule has 0 aromatic carbocycles. The number of ether oxygens (including phenoxy) is 2. The van der Waals surface area contributed by atoms with E-state index in [0.717, 1.165) is 13.1 Å². The molecule has 4 aliphatic rings. The molecule has 4 aliphatic heterocycles. The van der Waals surface area contributed by atoms with Crippen molar-refractivity contribution in [2.45, 2.75) is 69.8 Å². The van der Waals surface area contributed by atoms with E-state index in [0.29, 0.717) is 50.6 Å². The highest BCUT2D eigenvalue weighted by atomic mass is 16.7. The Morgan fingerprint density at radius 2 is 1.88 bits per heavy atom. The van der Waals surface area contributed by atoms with Crippen molar-refractivity contribution in [3.63, 3.8) is 0 Å². The average Bonchev–Trinajstić information content (AvgIpc) is 3.29. The summed E-state index contributed by atoms with van der Waals surface area (Å²) < 4.78 is 11.0. The van der Waals surface area contributed by atoms with Gasteiger partial charge in [0.15, 0.2) is 0 Å². The van der Waals surface area contributed by atoms with Crippen molar-refractivity contribution in [1.82, 2.24) is 25.2 Å². The van der Waals surface area contributed by atoms with E-state index >= 15 is 0 Å². The van der Waals surface area contributed by atoms with Gasteiger partial charge in [-0.25, -0.2) is 20.1 Å². The van der Waals surface area contributed by atoms with Crippen LogP contribution in [0.2, 0.25) is 0 Å². The lowest BCUT2D eigenvalue weighted by Gasteiger charge is -2.32. The van der Waals surface area contributed by atoms with Crippen molar-refractivity contribution < 1.29 is 33.9 Å². The summed E-state index contributed by atoms with van der Waals surface area (Å²) in [6.45, 7) is 9.40. The number of likely N-dealkylation sites (tertiary alicyclic amines) is 1. The summed E-state index contributed by atoms with van der Waals surface area (Å²) in [5.41, 5.74) is 1.84. The third-order valence-corrected chi connectivity index (χ3v) is 6.68. The number of carbonyl (C=O) groups excluding carboxylic acids is 3. The molecule has 4 heterocycles. The maximum atomic E-state index is 12.8. The van der Waals surface area contributed by atoms with Crippen LogP contribution in [0.5, 0.6) is 0 Å². The summed E-state index contributed by atoms with van der Waals surface area (Å²) in [7, 11) is 0. The number of carbonyl (C=O) groups is 3. The number of hydroxylamine groups is 3. The van der Waals surface area contributed by atoms with Crippen molar-refractivity contribution in [1.29, 1.82) is 0 Å². The molecule has 0 radical (unpaired) electrons. The number of nitrogens with one attached hydrogen (secondary N) is 1. The number of morpholine rings is 1. The fourth-order valence-electron chi connectivity index (χ4n) is 5.00. The van der Waals surface area contributed by atoms with E-state index in [2.05, 4.69) is 10.4 Å². The molecule has 2 unspecified atom stereocenters. The van der Waals surface area contributed by atoms with Crippen LogP contribution in [0.15, 0.2) is 0 Å². The van der Waals surface area contributed by atoms with Gasteiger partial charge in [-0.05, 0) is 40.0 Å². The van der Waals surface area contributed by atoms with Crippen LogP contribution in [-0.4, -0.2) is 119 Å². The monoisotopic (exact) mass is 469 g/mol. The molecule has 0 aromatic rings. The number of urea groups is 1. The van der Waals surface area contributed by atoms with E-state index < -0.39 is 29.7 Å². The van der Waals surface area contributed by atoms with Gasteiger partial charge < -0.3 is 19.3 Å². The summed E-state index contributed by atoms with van der Waals surface area (Å²) in [6.07, 6.45) is 1.30. The standard InChI is InChI=1S/C21H35N5O7/c1-21(2,3)33-20(29)24-12-15(23-6-8-31-9-7-23)10-16(24)13-32-22-18(27)17-5-4-14-11-25(17)19(28)26(14)30/h14-17,30H,4-13H2,1-3H3,(H,22,27)/t14?,15-,16+,17?/m0/s1. The molecule has 12 nitrogen and oxygen atoms in total. The highest BCUT2D eigenvalue weighted by molar-refractivity contribution is 5.87. The first-order valence-electron chi connectivity index (χ1n) is 11.7. The quantitative estimate of drug-likeness (QED) is 0.438. The topological polar surface area (TPSA) is 124 Å². The van der Waals surface area contributed by atoms with Crippen molar-refractivity contribution in [3.05, 3.63) is 0 Å². The SMILES string of the molecule is CC(C)(C)OC(=O)N1C[C@@H](N2CCOCC2)C[C@@H]1CONC(=O)C1CCC2CN1C(=O)N2O. The minimum atomic E-state index is -0.683. The molecular formula is C21H35N5O7. The normalized spacial score (nSPS) is 30.7. The molecule has 4 atom stereocenters. The first-order chi connectivity index (χ1) is 15.6. The highest BCUT2D eigenvalue weighted by Crippen LogP contribution is 2.29. The zero-order valence-corrected chi connectivity index (χ0v) is 19.6. The molecule has 33 heavy (non-hydrogen) atoms. The Hall–Kier alpha value is -2.15. The first-order valence-corrected chi connectivity index (χ1v) is 11.7. The fourth-order valence-corrected chi connectivity index (χ4v) is 5.00. The van der Waals surface area contributed by atoms with Crippen LogP contribution in [0.3, 0.4) is 0 Å². The van der Waals surface area contributed by atoms with Crippen LogP contribution in [0.25, 0.3) is 0 Å². The number of amides is 4. The van der Waals surface area contributed by atoms with E-state index in [1.165, 1.54) is 4.90 Å². The molecule has 0 aromatic heterocycles. The lowest BCUT2D eigenvalue weighted by Crippen LogP contribution is -2.50. The number of hydrogen-bond donors (Lipinski definition) is 2. The zero-order chi connectivity index (χ0) is 23.8. The van der Waals surface area contributed by atoms with Crippen molar-refractivity contribution >= 4 is 18.0 Å². The lowest BCUT2D eigenvalue weighted by molar-refractivity contribution is -0.140. The number of fused-ring (bicyclic) bond motifs is 2. The Morgan fingerprint density at radius 3 is 2.58 bits per heavy atom. The van der Waals surface area contributed by atoms with Gasteiger partial charge in [0, 0.05) is 32.2 Å².